The van der Waals surface area contributed by atoms with Gasteiger partial charge in [-0.25, -0.2) is 4.79 Å². The number of carbonyl (C=O) groups excluding carboxylic acids is 2. The van der Waals surface area contributed by atoms with Crippen molar-refractivity contribution >= 4 is 12.0 Å². The van der Waals surface area contributed by atoms with Crippen LogP contribution in [0.1, 0.15) is 25.8 Å². The summed E-state index contributed by atoms with van der Waals surface area (Å²) >= 11 is 0. The highest BCUT2D eigenvalue weighted by molar-refractivity contribution is 5.81. The zero-order chi connectivity index (χ0) is 15.8. The largest absolute Gasteiger partial charge is 0.548 e. The van der Waals surface area contributed by atoms with Gasteiger partial charge in [0.05, 0.1) is 19.1 Å². The molecule has 21 heavy (non-hydrogen) atoms. The number of ether oxygens (including phenoxy) is 1. The standard InChI is InChI=1S/C15H22N2O4/c1-4-10(2)13(14(18)19)17-15(20)16-9-11-6-5-7-12(8-11)21-3/h5-8,10,13H,4,9H2,1-3H3,(H,18,19)(H2,16,17,20)/p-1/t10-,13+/m1/s1. The van der Waals surface area contributed by atoms with Gasteiger partial charge in [-0.2, -0.15) is 0 Å². The molecule has 0 radical (unpaired) electrons. The van der Waals surface area contributed by atoms with Gasteiger partial charge in [-0.3, -0.25) is 0 Å². The highest BCUT2D eigenvalue weighted by Gasteiger charge is 2.19. The Morgan fingerprint density at radius 1 is 1.38 bits per heavy atom. The molecule has 0 aliphatic carbocycles. The van der Waals surface area contributed by atoms with Crippen molar-refractivity contribution in [1.29, 1.82) is 0 Å². The zero-order valence-electron chi connectivity index (χ0n) is 12.5. The van der Waals surface area contributed by atoms with Crippen LogP contribution in [-0.4, -0.2) is 25.2 Å². The van der Waals surface area contributed by atoms with Gasteiger partial charge < -0.3 is 25.3 Å². The van der Waals surface area contributed by atoms with Gasteiger partial charge in [0.2, 0.25) is 0 Å². The Morgan fingerprint density at radius 2 is 2.10 bits per heavy atom. The molecule has 0 saturated carbocycles. The lowest BCUT2D eigenvalue weighted by atomic mass is 9.99. The second kappa shape index (κ2) is 8.14. The van der Waals surface area contributed by atoms with Crippen molar-refractivity contribution in [3.8, 4) is 5.75 Å². The summed E-state index contributed by atoms with van der Waals surface area (Å²) in [4.78, 5) is 22.8. The van der Waals surface area contributed by atoms with E-state index in [1.807, 2.05) is 19.1 Å². The molecule has 2 N–H and O–H groups in total. The van der Waals surface area contributed by atoms with Crippen LogP contribution in [0.3, 0.4) is 0 Å². The van der Waals surface area contributed by atoms with Crippen molar-refractivity contribution in [3.63, 3.8) is 0 Å². The fourth-order valence-electron chi connectivity index (χ4n) is 1.83. The predicted molar refractivity (Wildman–Crippen MR) is 76.6 cm³/mol. The molecule has 0 aliphatic rings. The third kappa shape index (κ3) is 5.33. The van der Waals surface area contributed by atoms with Gasteiger partial charge in [-0.1, -0.05) is 32.4 Å². The number of nitrogens with one attached hydrogen (secondary N) is 2. The second-order valence-corrected chi connectivity index (χ2v) is 4.86. The monoisotopic (exact) mass is 293 g/mol. The minimum Gasteiger partial charge on any atom is -0.548 e. The van der Waals surface area contributed by atoms with Crippen molar-refractivity contribution in [2.24, 2.45) is 5.92 Å². The summed E-state index contributed by atoms with van der Waals surface area (Å²) in [6.45, 7) is 3.89. The molecule has 0 aromatic heterocycles. The minimum atomic E-state index is -1.28. The molecule has 0 aliphatic heterocycles. The lowest BCUT2D eigenvalue weighted by Crippen LogP contribution is -2.53. The average Bonchev–Trinajstić information content (AvgIpc) is 2.49. The quantitative estimate of drug-likeness (QED) is 0.772. The third-order valence-electron chi connectivity index (χ3n) is 3.34. The molecule has 6 heteroatoms. The molecule has 1 aromatic rings. The van der Waals surface area contributed by atoms with Crippen molar-refractivity contribution in [2.45, 2.75) is 32.9 Å². The number of benzene rings is 1. The van der Waals surface area contributed by atoms with E-state index in [1.54, 1.807) is 26.2 Å². The molecular formula is C15H21N2O4-. The topological polar surface area (TPSA) is 90.5 Å². The summed E-state index contributed by atoms with van der Waals surface area (Å²) in [5.41, 5.74) is 0.859. The van der Waals surface area contributed by atoms with Gasteiger partial charge in [0, 0.05) is 6.54 Å². The van der Waals surface area contributed by atoms with Crippen LogP contribution >= 0.6 is 0 Å². The molecule has 1 aromatic carbocycles. The van der Waals surface area contributed by atoms with E-state index in [2.05, 4.69) is 10.6 Å². The smallest absolute Gasteiger partial charge is 0.315 e. The first-order chi connectivity index (χ1) is 9.97. The van der Waals surface area contributed by atoms with Crippen LogP contribution < -0.4 is 20.5 Å². The van der Waals surface area contributed by atoms with Crippen molar-refractivity contribution < 1.29 is 19.4 Å². The lowest BCUT2D eigenvalue weighted by Gasteiger charge is -2.25. The highest BCUT2D eigenvalue weighted by atomic mass is 16.5. The zero-order valence-corrected chi connectivity index (χ0v) is 12.5. The number of carboxylic acids is 1. The Kier molecular flexibility index (Phi) is 6.52. The third-order valence-corrected chi connectivity index (χ3v) is 3.34. The first kappa shape index (κ1) is 16.8. The fourth-order valence-corrected chi connectivity index (χ4v) is 1.83. The molecule has 0 spiro atoms. The number of hydrogen-bond acceptors (Lipinski definition) is 4. The summed E-state index contributed by atoms with van der Waals surface area (Å²) in [6.07, 6.45) is 0.634. The Labute approximate surface area is 124 Å². The number of carboxylic acid groups (broad SMARTS) is 1. The fraction of sp³-hybridized carbons (Fsp3) is 0.467. The molecule has 6 nitrogen and oxygen atoms in total. The number of methoxy groups -OCH3 is 1. The maximum absolute atomic E-state index is 11.8. The van der Waals surface area contributed by atoms with Gasteiger partial charge in [0.25, 0.3) is 0 Å². The summed E-state index contributed by atoms with van der Waals surface area (Å²) < 4.78 is 5.09. The first-order valence-corrected chi connectivity index (χ1v) is 6.86. The highest BCUT2D eigenvalue weighted by Crippen LogP contribution is 2.12. The Morgan fingerprint density at radius 3 is 2.67 bits per heavy atom. The van der Waals surface area contributed by atoms with Crippen LogP contribution in [-0.2, 0) is 11.3 Å². The Hall–Kier alpha value is -2.24. The summed E-state index contributed by atoms with van der Waals surface area (Å²) in [5, 5.41) is 16.1. The van der Waals surface area contributed by atoms with E-state index in [9.17, 15) is 14.7 Å². The van der Waals surface area contributed by atoms with E-state index in [4.69, 9.17) is 4.74 Å². The molecular weight excluding hydrogens is 272 g/mol. The van der Waals surface area contributed by atoms with Crippen molar-refractivity contribution in [3.05, 3.63) is 29.8 Å². The number of carbonyl (C=O) groups is 2. The van der Waals surface area contributed by atoms with Gasteiger partial charge >= 0.3 is 6.03 Å². The number of aliphatic carboxylic acids is 1. The first-order valence-electron chi connectivity index (χ1n) is 6.86. The van der Waals surface area contributed by atoms with E-state index in [0.29, 0.717) is 12.2 Å². The molecule has 0 bridgehead atoms. The van der Waals surface area contributed by atoms with Gasteiger partial charge in [-0.05, 0) is 23.6 Å². The van der Waals surface area contributed by atoms with Crippen LogP contribution in [0.2, 0.25) is 0 Å². The number of rotatable bonds is 7. The van der Waals surface area contributed by atoms with Crippen LogP contribution in [0, 0.1) is 5.92 Å². The lowest BCUT2D eigenvalue weighted by molar-refractivity contribution is -0.309. The molecule has 116 valence electrons. The molecule has 0 heterocycles. The summed E-state index contributed by atoms with van der Waals surface area (Å²) in [6, 6.07) is 5.72. The van der Waals surface area contributed by atoms with E-state index >= 15 is 0 Å². The van der Waals surface area contributed by atoms with Crippen LogP contribution in [0.4, 0.5) is 4.79 Å². The van der Waals surface area contributed by atoms with E-state index in [-0.39, 0.29) is 12.5 Å². The molecule has 0 saturated heterocycles. The number of urea groups is 1. The Balaban J connectivity index is 2.54. The summed E-state index contributed by atoms with van der Waals surface area (Å²) in [5.74, 6) is -0.777. The van der Waals surface area contributed by atoms with E-state index in [0.717, 1.165) is 5.56 Å². The van der Waals surface area contributed by atoms with Crippen LogP contribution in [0.25, 0.3) is 0 Å². The van der Waals surface area contributed by atoms with Crippen LogP contribution in [0.15, 0.2) is 24.3 Å². The number of amides is 2. The van der Waals surface area contributed by atoms with Crippen LogP contribution in [0.5, 0.6) is 5.75 Å². The Bertz CT molecular complexity index is 490. The summed E-state index contributed by atoms with van der Waals surface area (Å²) in [7, 11) is 1.57. The van der Waals surface area contributed by atoms with Gasteiger partial charge in [0.15, 0.2) is 0 Å². The van der Waals surface area contributed by atoms with Crippen molar-refractivity contribution in [2.75, 3.05) is 7.11 Å². The molecule has 0 fully saturated rings. The second-order valence-electron chi connectivity index (χ2n) is 4.86. The van der Waals surface area contributed by atoms with Gasteiger partial charge in [-0.15, -0.1) is 0 Å². The molecule has 2 atom stereocenters. The average molecular weight is 293 g/mol. The van der Waals surface area contributed by atoms with Crippen molar-refractivity contribution in [1.82, 2.24) is 10.6 Å². The number of hydrogen-bond donors (Lipinski definition) is 2. The normalized spacial score (nSPS) is 13.1. The predicted octanol–water partition coefficient (Wildman–Crippen LogP) is 0.659. The molecule has 1 rings (SSSR count). The SMILES string of the molecule is CC[C@@H](C)[C@H](NC(=O)NCc1cccc(OC)c1)C(=O)[O-]. The van der Waals surface area contributed by atoms with Gasteiger partial charge in [0.1, 0.15) is 5.75 Å². The maximum atomic E-state index is 11.8. The maximum Gasteiger partial charge on any atom is 0.315 e. The molecule has 0 unspecified atom stereocenters. The van der Waals surface area contributed by atoms with E-state index in [1.165, 1.54) is 0 Å². The minimum absolute atomic E-state index is 0.197. The van der Waals surface area contributed by atoms with E-state index < -0.39 is 18.0 Å². The molecule has 2 amide bonds.